The van der Waals surface area contributed by atoms with E-state index in [0.29, 0.717) is 5.56 Å². The van der Waals surface area contributed by atoms with Gasteiger partial charge < -0.3 is 5.73 Å². The van der Waals surface area contributed by atoms with E-state index in [9.17, 15) is 4.79 Å². The van der Waals surface area contributed by atoms with Gasteiger partial charge >= 0.3 is 0 Å². The molecule has 12 heavy (non-hydrogen) atoms. The molecule has 0 aliphatic heterocycles. The van der Waals surface area contributed by atoms with Gasteiger partial charge in [0.15, 0.2) is 0 Å². The summed E-state index contributed by atoms with van der Waals surface area (Å²) in [6.45, 7) is 0. The van der Waals surface area contributed by atoms with Crippen molar-refractivity contribution in [1.29, 1.82) is 0 Å². The number of nitrogens with two attached hydrogens (primary N) is 1. The summed E-state index contributed by atoms with van der Waals surface area (Å²) >= 11 is 8.66. The number of carbonyl (C=O) groups excluding carboxylic acids is 1. The first kappa shape index (κ1) is 10.5. The normalized spacial score (nSPS) is 9.92. The summed E-state index contributed by atoms with van der Waals surface area (Å²) in [5, 5.41) is 0. The SMILES string of the molecule is NC(=O)c1cc(Br)cc(Br)c1I. The number of amides is 1. The fraction of sp³-hybridized carbons (Fsp3) is 0. The van der Waals surface area contributed by atoms with Gasteiger partial charge in [-0.2, -0.15) is 0 Å². The van der Waals surface area contributed by atoms with E-state index < -0.39 is 5.91 Å². The summed E-state index contributed by atoms with van der Waals surface area (Å²) in [5.41, 5.74) is 5.69. The lowest BCUT2D eigenvalue weighted by Gasteiger charge is -2.02. The lowest BCUT2D eigenvalue weighted by atomic mass is 10.2. The Kier molecular flexibility index (Phi) is 3.54. The highest BCUT2D eigenvalue weighted by molar-refractivity contribution is 14.1. The first-order chi connectivity index (χ1) is 5.52. The Labute approximate surface area is 100 Å². The molecule has 0 aromatic heterocycles. The zero-order valence-electron chi connectivity index (χ0n) is 5.77. The molecule has 1 aromatic rings. The van der Waals surface area contributed by atoms with Crippen molar-refractivity contribution >= 4 is 60.4 Å². The molecular formula is C7H4Br2INO. The van der Waals surface area contributed by atoms with Gasteiger partial charge in [-0.3, -0.25) is 4.79 Å². The lowest BCUT2D eigenvalue weighted by Crippen LogP contribution is -2.12. The van der Waals surface area contributed by atoms with E-state index in [1.54, 1.807) is 6.07 Å². The molecule has 0 unspecified atom stereocenters. The van der Waals surface area contributed by atoms with Gasteiger partial charge in [0.1, 0.15) is 0 Å². The second-order valence-corrected chi connectivity index (χ2v) is 4.96. The van der Waals surface area contributed by atoms with E-state index in [-0.39, 0.29) is 0 Å². The Morgan fingerprint density at radius 2 is 2.00 bits per heavy atom. The fourth-order valence-electron chi connectivity index (χ4n) is 0.735. The first-order valence-corrected chi connectivity index (χ1v) is 5.63. The molecule has 2 N–H and O–H groups in total. The summed E-state index contributed by atoms with van der Waals surface area (Å²) < 4.78 is 2.54. The zero-order valence-corrected chi connectivity index (χ0v) is 11.1. The van der Waals surface area contributed by atoms with Crippen LogP contribution in [-0.4, -0.2) is 5.91 Å². The highest BCUT2D eigenvalue weighted by atomic mass is 127. The Balaban J connectivity index is 3.37. The number of carbonyl (C=O) groups is 1. The molecule has 0 spiro atoms. The standard InChI is InChI=1S/C7H4Br2INO/c8-3-1-4(7(11)12)6(10)5(9)2-3/h1-2H,(H2,11,12). The summed E-state index contributed by atoms with van der Waals surface area (Å²) in [4.78, 5) is 10.9. The molecule has 1 amide bonds. The third-order valence-electron chi connectivity index (χ3n) is 1.26. The van der Waals surface area contributed by atoms with Crippen LogP contribution >= 0.6 is 54.5 Å². The van der Waals surface area contributed by atoms with Crippen LogP contribution in [0.2, 0.25) is 0 Å². The lowest BCUT2D eigenvalue weighted by molar-refractivity contribution is 0.0999. The van der Waals surface area contributed by atoms with E-state index in [2.05, 4.69) is 54.5 Å². The minimum atomic E-state index is -0.415. The van der Waals surface area contributed by atoms with Crippen molar-refractivity contribution in [3.8, 4) is 0 Å². The maximum absolute atomic E-state index is 10.9. The van der Waals surface area contributed by atoms with Crippen LogP contribution in [0.1, 0.15) is 10.4 Å². The van der Waals surface area contributed by atoms with Gasteiger partial charge in [0.25, 0.3) is 0 Å². The van der Waals surface area contributed by atoms with Gasteiger partial charge in [0.05, 0.1) is 5.56 Å². The maximum atomic E-state index is 10.9. The van der Waals surface area contributed by atoms with Crippen molar-refractivity contribution in [1.82, 2.24) is 0 Å². The van der Waals surface area contributed by atoms with Gasteiger partial charge in [0.2, 0.25) is 5.91 Å². The fourth-order valence-corrected chi connectivity index (χ4v) is 2.54. The molecule has 0 aliphatic rings. The molecule has 0 aliphatic carbocycles. The second-order valence-electron chi connectivity index (χ2n) is 2.11. The zero-order chi connectivity index (χ0) is 9.30. The molecule has 0 bridgehead atoms. The minimum absolute atomic E-state index is 0.415. The van der Waals surface area contributed by atoms with Gasteiger partial charge in [-0.05, 0) is 50.7 Å². The largest absolute Gasteiger partial charge is 0.366 e. The molecule has 0 heterocycles. The Morgan fingerprint density at radius 3 is 2.50 bits per heavy atom. The van der Waals surface area contributed by atoms with E-state index in [0.717, 1.165) is 12.5 Å². The molecule has 64 valence electrons. The van der Waals surface area contributed by atoms with Gasteiger partial charge in [0, 0.05) is 12.5 Å². The average Bonchev–Trinajstić information content (AvgIpc) is 1.96. The number of halogens is 3. The van der Waals surface area contributed by atoms with Crippen molar-refractivity contribution in [2.45, 2.75) is 0 Å². The number of rotatable bonds is 1. The van der Waals surface area contributed by atoms with Crippen molar-refractivity contribution < 1.29 is 4.79 Å². The van der Waals surface area contributed by atoms with Crippen LogP contribution in [0, 0.1) is 3.57 Å². The molecule has 1 aromatic carbocycles. The Bertz CT molecular complexity index is 340. The molecule has 5 heteroatoms. The first-order valence-electron chi connectivity index (χ1n) is 2.96. The summed E-state index contributed by atoms with van der Waals surface area (Å²) in [6, 6.07) is 3.57. The van der Waals surface area contributed by atoms with E-state index in [1.165, 1.54) is 0 Å². The Morgan fingerprint density at radius 1 is 1.42 bits per heavy atom. The van der Waals surface area contributed by atoms with Crippen LogP contribution in [-0.2, 0) is 0 Å². The van der Waals surface area contributed by atoms with Crippen molar-refractivity contribution in [2.75, 3.05) is 0 Å². The van der Waals surface area contributed by atoms with Gasteiger partial charge in [-0.15, -0.1) is 0 Å². The monoisotopic (exact) mass is 403 g/mol. The van der Waals surface area contributed by atoms with Crippen molar-refractivity contribution in [3.63, 3.8) is 0 Å². The second kappa shape index (κ2) is 4.06. The van der Waals surface area contributed by atoms with Gasteiger partial charge in [-0.25, -0.2) is 0 Å². The van der Waals surface area contributed by atoms with Crippen molar-refractivity contribution in [2.24, 2.45) is 5.73 Å². The molecule has 0 radical (unpaired) electrons. The third-order valence-corrected chi connectivity index (χ3v) is 4.25. The molecular weight excluding hydrogens is 401 g/mol. The number of hydrogen-bond acceptors (Lipinski definition) is 1. The highest BCUT2D eigenvalue weighted by Crippen LogP contribution is 2.26. The van der Waals surface area contributed by atoms with Gasteiger partial charge in [-0.1, -0.05) is 15.9 Å². The van der Waals surface area contributed by atoms with E-state index >= 15 is 0 Å². The molecule has 2 nitrogen and oxygen atoms in total. The van der Waals surface area contributed by atoms with Crippen LogP contribution in [0.3, 0.4) is 0 Å². The van der Waals surface area contributed by atoms with Crippen LogP contribution in [0.15, 0.2) is 21.1 Å². The number of primary amides is 1. The van der Waals surface area contributed by atoms with Crippen LogP contribution in [0.5, 0.6) is 0 Å². The topological polar surface area (TPSA) is 43.1 Å². The average molecular weight is 405 g/mol. The van der Waals surface area contributed by atoms with Crippen LogP contribution in [0.4, 0.5) is 0 Å². The molecule has 1 rings (SSSR count). The molecule has 0 saturated carbocycles. The smallest absolute Gasteiger partial charge is 0.249 e. The highest BCUT2D eigenvalue weighted by Gasteiger charge is 2.09. The van der Waals surface area contributed by atoms with E-state index in [1.807, 2.05) is 6.07 Å². The van der Waals surface area contributed by atoms with E-state index in [4.69, 9.17) is 5.73 Å². The minimum Gasteiger partial charge on any atom is -0.366 e. The van der Waals surface area contributed by atoms with Crippen LogP contribution in [0.25, 0.3) is 0 Å². The summed E-state index contributed by atoms with van der Waals surface area (Å²) in [7, 11) is 0. The Hall–Kier alpha value is 0.380. The molecule has 0 saturated heterocycles. The molecule has 0 atom stereocenters. The maximum Gasteiger partial charge on any atom is 0.249 e. The number of benzene rings is 1. The van der Waals surface area contributed by atoms with Crippen molar-refractivity contribution in [3.05, 3.63) is 30.2 Å². The van der Waals surface area contributed by atoms with Crippen LogP contribution < -0.4 is 5.73 Å². The summed E-state index contributed by atoms with van der Waals surface area (Å²) in [5.74, 6) is -0.415. The molecule has 0 fully saturated rings. The number of hydrogen-bond donors (Lipinski definition) is 1. The predicted octanol–water partition coefficient (Wildman–Crippen LogP) is 2.92. The third kappa shape index (κ3) is 2.20. The quantitative estimate of drug-likeness (QED) is 0.567. The predicted molar refractivity (Wildman–Crippen MR) is 63.1 cm³/mol. The summed E-state index contributed by atoms with van der Waals surface area (Å²) in [6.07, 6.45) is 0.